The molecule has 0 radical (unpaired) electrons. The summed E-state index contributed by atoms with van der Waals surface area (Å²) in [6.45, 7) is 0.823. The van der Waals surface area contributed by atoms with E-state index in [4.69, 9.17) is 0 Å². The highest BCUT2D eigenvalue weighted by Crippen LogP contribution is 2.55. The maximum absolute atomic E-state index is 13.1. The highest BCUT2D eigenvalue weighted by Gasteiger charge is 2.51. The number of amides is 1. The lowest BCUT2D eigenvalue weighted by Crippen LogP contribution is -2.60. The molecular formula is C23H31FN2O3S. The van der Waals surface area contributed by atoms with E-state index in [2.05, 4.69) is 5.32 Å². The molecule has 0 spiro atoms. The van der Waals surface area contributed by atoms with Crippen LogP contribution in [-0.2, 0) is 14.8 Å². The molecule has 4 bridgehead atoms. The largest absolute Gasteiger partial charge is 0.351 e. The van der Waals surface area contributed by atoms with E-state index >= 15 is 0 Å². The van der Waals surface area contributed by atoms with Crippen LogP contribution in [-0.4, -0.2) is 37.3 Å². The summed E-state index contributed by atoms with van der Waals surface area (Å²) in [5, 5.41) is 3.44. The van der Waals surface area contributed by atoms with E-state index < -0.39 is 15.8 Å². The van der Waals surface area contributed by atoms with Gasteiger partial charge in [-0.25, -0.2) is 12.8 Å². The fraction of sp³-hybridized carbons (Fsp3) is 0.696. The maximum atomic E-state index is 13.1. The van der Waals surface area contributed by atoms with Crippen molar-refractivity contribution in [3.05, 3.63) is 30.1 Å². The highest BCUT2D eigenvalue weighted by molar-refractivity contribution is 7.89. The van der Waals surface area contributed by atoms with Crippen LogP contribution >= 0.6 is 0 Å². The van der Waals surface area contributed by atoms with E-state index in [1.54, 1.807) is 0 Å². The van der Waals surface area contributed by atoms with E-state index in [-0.39, 0.29) is 22.3 Å². The minimum atomic E-state index is -3.60. The number of sulfonamides is 1. The van der Waals surface area contributed by atoms with Gasteiger partial charge in [0.05, 0.1) is 4.90 Å². The first-order valence-corrected chi connectivity index (χ1v) is 12.8. The van der Waals surface area contributed by atoms with Crippen LogP contribution in [0.5, 0.6) is 0 Å². The van der Waals surface area contributed by atoms with Crippen LogP contribution in [0.25, 0.3) is 0 Å². The van der Waals surface area contributed by atoms with Gasteiger partial charge in [-0.1, -0.05) is 0 Å². The van der Waals surface area contributed by atoms with Crippen LogP contribution in [0.15, 0.2) is 29.2 Å². The number of carbonyl (C=O) groups excluding carboxylic acids is 1. The summed E-state index contributed by atoms with van der Waals surface area (Å²) in [6.07, 6.45) is 9.40. The molecule has 0 unspecified atom stereocenters. The van der Waals surface area contributed by atoms with Gasteiger partial charge in [-0.15, -0.1) is 0 Å². The Kier molecular flexibility index (Phi) is 5.17. The fourth-order valence-corrected chi connectivity index (χ4v) is 8.45. The molecule has 7 heteroatoms. The lowest BCUT2D eigenvalue weighted by molar-refractivity contribution is -0.128. The van der Waals surface area contributed by atoms with Crippen molar-refractivity contribution in [3.63, 3.8) is 0 Å². The van der Waals surface area contributed by atoms with Crippen LogP contribution in [0, 0.1) is 29.5 Å². The van der Waals surface area contributed by atoms with Gasteiger partial charge in [-0.3, -0.25) is 4.79 Å². The summed E-state index contributed by atoms with van der Waals surface area (Å²) in [6, 6.07) is 4.98. The van der Waals surface area contributed by atoms with E-state index in [1.165, 1.54) is 47.8 Å². The Morgan fingerprint density at radius 1 is 1.00 bits per heavy atom. The summed E-state index contributed by atoms with van der Waals surface area (Å²) in [5.41, 5.74) is 0.0401. The number of hydrogen-bond donors (Lipinski definition) is 1. The van der Waals surface area contributed by atoms with Gasteiger partial charge in [-0.05, 0) is 99.3 Å². The third kappa shape index (κ3) is 3.91. The molecule has 1 N–H and O–H groups in total. The van der Waals surface area contributed by atoms with Crippen molar-refractivity contribution in [2.24, 2.45) is 23.7 Å². The number of halogens is 1. The number of nitrogens with zero attached hydrogens (tertiary/aromatic N) is 1. The molecule has 30 heavy (non-hydrogen) atoms. The number of nitrogens with one attached hydrogen (secondary N) is 1. The van der Waals surface area contributed by atoms with Gasteiger partial charge in [0, 0.05) is 25.0 Å². The average Bonchev–Trinajstić information content (AvgIpc) is 2.67. The minimum absolute atomic E-state index is 0.0401. The Labute approximate surface area is 178 Å². The fourth-order valence-electron chi connectivity index (χ4n) is 6.98. The quantitative estimate of drug-likeness (QED) is 0.768. The third-order valence-corrected chi connectivity index (χ3v) is 9.85. The Balaban J connectivity index is 1.15. The SMILES string of the molecule is O=C(CC1CCN(S(=O)(=O)c2ccc(F)cc2)CC1)NC12CC3CC(CC(C3)C1)C2. The van der Waals surface area contributed by atoms with Crippen molar-refractivity contribution in [1.29, 1.82) is 0 Å². The molecule has 5 nitrogen and oxygen atoms in total. The van der Waals surface area contributed by atoms with Crippen molar-refractivity contribution >= 4 is 15.9 Å². The molecule has 4 aliphatic carbocycles. The molecule has 164 valence electrons. The van der Waals surface area contributed by atoms with E-state index in [0.29, 0.717) is 32.4 Å². The molecule has 4 saturated carbocycles. The van der Waals surface area contributed by atoms with Gasteiger partial charge in [0.2, 0.25) is 15.9 Å². The van der Waals surface area contributed by atoms with Gasteiger partial charge in [0.1, 0.15) is 5.82 Å². The lowest BCUT2D eigenvalue weighted by Gasteiger charge is -2.57. The molecule has 1 aromatic carbocycles. The summed E-state index contributed by atoms with van der Waals surface area (Å²) >= 11 is 0. The lowest BCUT2D eigenvalue weighted by atomic mass is 9.53. The first-order chi connectivity index (χ1) is 14.3. The summed E-state index contributed by atoms with van der Waals surface area (Å²) < 4.78 is 40.1. The summed E-state index contributed by atoms with van der Waals surface area (Å²) in [4.78, 5) is 13.0. The zero-order chi connectivity index (χ0) is 20.9. The molecule has 0 atom stereocenters. The number of hydrogen-bond acceptors (Lipinski definition) is 3. The van der Waals surface area contributed by atoms with Crippen molar-refractivity contribution in [3.8, 4) is 0 Å². The molecule has 6 rings (SSSR count). The third-order valence-electron chi connectivity index (χ3n) is 7.94. The normalized spacial score (nSPS) is 34.2. The minimum Gasteiger partial charge on any atom is -0.351 e. The van der Waals surface area contributed by atoms with Crippen molar-refractivity contribution in [2.45, 2.75) is 68.2 Å². The maximum Gasteiger partial charge on any atom is 0.243 e. The van der Waals surface area contributed by atoms with E-state index in [1.807, 2.05) is 0 Å². The Bertz CT molecular complexity index is 872. The van der Waals surface area contributed by atoms with Crippen molar-refractivity contribution in [1.82, 2.24) is 9.62 Å². The van der Waals surface area contributed by atoms with E-state index in [0.717, 1.165) is 37.0 Å². The molecule has 5 aliphatic rings. The van der Waals surface area contributed by atoms with Crippen LogP contribution < -0.4 is 5.32 Å². The van der Waals surface area contributed by atoms with Gasteiger partial charge >= 0.3 is 0 Å². The Morgan fingerprint density at radius 3 is 2.07 bits per heavy atom. The predicted molar refractivity (Wildman–Crippen MR) is 112 cm³/mol. The molecule has 1 heterocycles. The van der Waals surface area contributed by atoms with Gasteiger partial charge in [-0.2, -0.15) is 4.31 Å². The first kappa shape index (κ1) is 20.4. The second-order valence-electron chi connectivity index (χ2n) is 10.3. The molecule has 1 aromatic rings. The van der Waals surface area contributed by atoms with Crippen LogP contribution in [0.1, 0.15) is 57.8 Å². The highest BCUT2D eigenvalue weighted by atomic mass is 32.2. The van der Waals surface area contributed by atoms with Crippen LogP contribution in [0.2, 0.25) is 0 Å². The molecule has 1 saturated heterocycles. The van der Waals surface area contributed by atoms with Gasteiger partial charge in [0.25, 0.3) is 0 Å². The summed E-state index contributed by atoms with van der Waals surface area (Å²) in [5.74, 6) is 2.33. The molecule has 1 amide bonds. The topological polar surface area (TPSA) is 66.5 Å². The Hall–Kier alpha value is -1.47. The Morgan fingerprint density at radius 2 is 1.53 bits per heavy atom. The van der Waals surface area contributed by atoms with Crippen LogP contribution in [0.4, 0.5) is 4.39 Å². The molecule has 5 fully saturated rings. The molecule has 1 aliphatic heterocycles. The average molecular weight is 435 g/mol. The number of carbonyl (C=O) groups is 1. The zero-order valence-corrected chi connectivity index (χ0v) is 18.2. The van der Waals surface area contributed by atoms with Crippen molar-refractivity contribution in [2.75, 3.05) is 13.1 Å². The monoisotopic (exact) mass is 434 g/mol. The van der Waals surface area contributed by atoms with Crippen molar-refractivity contribution < 1.29 is 17.6 Å². The van der Waals surface area contributed by atoms with E-state index in [9.17, 15) is 17.6 Å². The first-order valence-electron chi connectivity index (χ1n) is 11.4. The number of benzene rings is 1. The number of rotatable bonds is 5. The molecular weight excluding hydrogens is 403 g/mol. The zero-order valence-electron chi connectivity index (χ0n) is 17.4. The molecule has 0 aromatic heterocycles. The smallest absolute Gasteiger partial charge is 0.243 e. The number of piperidine rings is 1. The predicted octanol–water partition coefficient (Wildman–Crippen LogP) is 3.70. The second kappa shape index (κ2) is 7.59. The van der Waals surface area contributed by atoms with Gasteiger partial charge < -0.3 is 5.32 Å². The van der Waals surface area contributed by atoms with Crippen LogP contribution in [0.3, 0.4) is 0 Å². The summed E-state index contributed by atoms with van der Waals surface area (Å²) in [7, 11) is -3.60. The standard InChI is InChI=1S/C23H31FN2O3S/c24-20-1-3-21(4-2-20)30(28,29)26-7-5-16(6-8-26)12-22(27)25-23-13-17-9-18(14-23)11-19(10-17)15-23/h1-4,16-19H,5-15H2,(H,25,27). The second-order valence-corrected chi connectivity index (χ2v) is 12.2. The van der Waals surface area contributed by atoms with Gasteiger partial charge in [0.15, 0.2) is 0 Å².